The summed E-state index contributed by atoms with van der Waals surface area (Å²) in [5.74, 6) is 2.86. The monoisotopic (exact) mass is 307 g/mol. The first-order valence-electron chi connectivity index (χ1n) is 5.61. The topological polar surface area (TPSA) is 0 Å². The van der Waals surface area contributed by atoms with Crippen molar-refractivity contribution in [1.82, 2.24) is 0 Å². The molecule has 2 rings (SSSR count). The first-order valence-corrected chi connectivity index (χ1v) is 9.46. The van der Waals surface area contributed by atoms with Gasteiger partial charge in [0.1, 0.15) is 0 Å². The molecule has 2 saturated carbocycles. The zero-order valence-corrected chi connectivity index (χ0v) is 13.1. The summed E-state index contributed by atoms with van der Waals surface area (Å²) in [4.78, 5) is 0. The molecule has 0 heterocycles. The van der Waals surface area contributed by atoms with Crippen LogP contribution in [0, 0.1) is 63.2 Å². The fourth-order valence-electron chi connectivity index (χ4n) is 1.30. The van der Waals surface area contributed by atoms with Crippen LogP contribution >= 0.6 is 19.7 Å². The van der Waals surface area contributed by atoms with Crippen molar-refractivity contribution in [3.63, 3.8) is 0 Å². The van der Waals surface area contributed by atoms with Crippen LogP contribution in [0.1, 0.15) is 26.7 Å². The van der Waals surface area contributed by atoms with Crippen LogP contribution in [-0.4, -0.2) is 0 Å². The summed E-state index contributed by atoms with van der Waals surface area (Å²) >= 11 is -0.368. The Hall–Kier alpha value is 1.16. The molecule has 0 bridgehead atoms. The number of halogens is 2. The molecule has 0 aromatic rings. The van der Waals surface area contributed by atoms with E-state index in [1.807, 2.05) is 0 Å². The van der Waals surface area contributed by atoms with Gasteiger partial charge in [0, 0.05) is 0 Å². The summed E-state index contributed by atoms with van der Waals surface area (Å²) in [6, 6.07) is 0. The Morgan fingerprint density at radius 1 is 0.765 bits per heavy atom. The quantitative estimate of drug-likeness (QED) is 0.675. The van der Waals surface area contributed by atoms with Crippen molar-refractivity contribution in [3.05, 3.63) is 63.2 Å². The van der Waals surface area contributed by atoms with Crippen LogP contribution in [-0.2, 0) is 14.4 Å². The van der Waals surface area contributed by atoms with E-state index in [0.717, 1.165) is 12.8 Å². The van der Waals surface area contributed by atoms with E-state index in [1.165, 1.54) is 11.8 Å². The summed E-state index contributed by atoms with van der Waals surface area (Å²) in [5, 5.41) is 0. The van der Waals surface area contributed by atoms with Crippen molar-refractivity contribution in [2.24, 2.45) is 0 Å². The zero-order valence-electron chi connectivity index (χ0n) is 10.2. The van der Waals surface area contributed by atoms with Gasteiger partial charge >= 0.3 is 34.1 Å². The van der Waals surface area contributed by atoms with E-state index < -0.39 is 0 Å². The molecule has 0 aromatic carbocycles. The van der Waals surface area contributed by atoms with Crippen LogP contribution in [0.3, 0.4) is 0 Å². The summed E-state index contributed by atoms with van der Waals surface area (Å²) in [5.41, 5.74) is 0. The average Bonchev–Trinajstić information content (AvgIpc) is 3.04. The van der Waals surface area contributed by atoms with Gasteiger partial charge in [-0.1, -0.05) is 13.8 Å². The molecular weight excluding hydrogens is 290 g/mol. The molecule has 0 amide bonds. The normalized spacial score (nSPS) is 20.2. The third kappa shape index (κ3) is 10.7. The molecule has 0 spiro atoms. The second kappa shape index (κ2) is 13.6. The first kappa shape index (κ1) is 18.2. The van der Waals surface area contributed by atoms with E-state index in [0.29, 0.717) is 0 Å². The predicted octanol–water partition coefficient (Wildman–Crippen LogP) is 4.98. The Kier molecular flexibility index (Phi) is 14.5. The fourth-order valence-corrected chi connectivity index (χ4v) is 1.30. The molecule has 0 saturated heterocycles. The summed E-state index contributed by atoms with van der Waals surface area (Å²) in [6.07, 6.45) is 19.1. The van der Waals surface area contributed by atoms with Crippen LogP contribution in [0.4, 0.5) is 0 Å². The van der Waals surface area contributed by atoms with E-state index in [1.54, 1.807) is 0 Å². The van der Waals surface area contributed by atoms with Gasteiger partial charge in [-0.15, -0.1) is 0 Å². The van der Waals surface area contributed by atoms with Gasteiger partial charge in [-0.2, -0.15) is 0 Å². The second-order valence-electron chi connectivity index (χ2n) is 3.36. The minimum atomic E-state index is -0.368. The SMILES string of the molecule is CC[C]1[CH][CH][CH][CH]1.CC[C]1[CH][CH][CH][CH]1.[Cl][V][Cl]. The zero-order chi connectivity index (χ0) is 12.9. The van der Waals surface area contributed by atoms with Gasteiger partial charge in [0.15, 0.2) is 0 Å². The van der Waals surface area contributed by atoms with Crippen molar-refractivity contribution < 1.29 is 14.4 Å². The molecule has 93 valence electrons. The van der Waals surface area contributed by atoms with Crippen LogP contribution < -0.4 is 0 Å². The number of hydrogen-bond donors (Lipinski definition) is 0. The molecule has 0 nitrogen and oxygen atoms in total. The van der Waals surface area contributed by atoms with E-state index in [9.17, 15) is 0 Å². The number of hydrogen-bond acceptors (Lipinski definition) is 0. The average molecular weight is 308 g/mol. The van der Waals surface area contributed by atoms with E-state index in [2.05, 4.69) is 65.2 Å². The van der Waals surface area contributed by atoms with Crippen molar-refractivity contribution in [3.8, 4) is 0 Å². The maximum atomic E-state index is 4.86. The second-order valence-corrected chi connectivity index (χ2v) is 5.66. The molecule has 3 heteroatoms. The first-order chi connectivity index (χ1) is 8.28. The van der Waals surface area contributed by atoms with Crippen LogP contribution in [0.25, 0.3) is 0 Å². The molecule has 2 fully saturated rings. The molecule has 0 N–H and O–H groups in total. The molecule has 10 radical (unpaired) electrons. The van der Waals surface area contributed by atoms with Crippen LogP contribution in [0.5, 0.6) is 0 Å². The molecular formula is C14H18Cl2V. The van der Waals surface area contributed by atoms with Crippen molar-refractivity contribution in [2.45, 2.75) is 26.7 Å². The predicted molar refractivity (Wildman–Crippen MR) is 73.2 cm³/mol. The fraction of sp³-hybridized carbons (Fsp3) is 0.286. The molecule has 0 aliphatic heterocycles. The Morgan fingerprint density at radius 2 is 1.00 bits per heavy atom. The van der Waals surface area contributed by atoms with Gasteiger partial charge in [0.05, 0.1) is 0 Å². The summed E-state index contributed by atoms with van der Waals surface area (Å²) in [6.45, 7) is 4.32. The van der Waals surface area contributed by atoms with E-state index in [-0.39, 0.29) is 14.4 Å². The Morgan fingerprint density at radius 3 is 1.12 bits per heavy atom. The third-order valence-electron chi connectivity index (χ3n) is 2.28. The minimum absolute atomic E-state index is 0.368. The molecule has 0 aromatic heterocycles. The van der Waals surface area contributed by atoms with Crippen LogP contribution in [0.2, 0.25) is 0 Å². The van der Waals surface area contributed by atoms with Crippen molar-refractivity contribution >= 4 is 19.7 Å². The standard InChI is InChI=1S/2C7H9.2ClH.V/c2*1-2-7-5-3-4-6-7;;;/h2*3-6H,2H2,1H3;2*1H;/q;;;;+2/p-2. The van der Waals surface area contributed by atoms with Gasteiger partial charge in [0.25, 0.3) is 0 Å². The molecule has 2 aliphatic rings. The van der Waals surface area contributed by atoms with Crippen LogP contribution in [0.15, 0.2) is 0 Å². The van der Waals surface area contributed by atoms with E-state index in [4.69, 9.17) is 19.7 Å². The van der Waals surface area contributed by atoms with Gasteiger partial charge < -0.3 is 0 Å². The summed E-state index contributed by atoms with van der Waals surface area (Å²) in [7, 11) is 9.72. The van der Waals surface area contributed by atoms with Gasteiger partial charge in [-0.25, -0.2) is 0 Å². The molecule has 2 aliphatic carbocycles. The maximum absolute atomic E-state index is 4.86. The molecule has 17 heavy (non-hydrogen) atoms. The number of rotatable bonds is 2. The van der Waals surface area contributed by atoms with Gasteiger partial charge in [0.2, 0.25) is 0 Å². The van der Waals surface area contributed by atoms with Gasteiger partial charge in [-0.05, 0) is 76.0 Å². The van der Waals surface area contributed by atoms with Crippen molar-refractivity contribution in [2.75, 3.05) is 0 Å². The molecule has 0 atom stereocenters. The van der Waals surface area contributed by atoms with Crippen molar-refractivity contribution in [1.29, 1.82) is 0 Å². The third-order valence-corrected chi connectivity index (χ3v) is 2.28. The van der Waals surface area contributed by atoms with E-state index >= 15 is 0 Å². The van der Waals surface area contributed by atoms with Gasteiger partial charge in [-0.3, -0.25) is 0 Å². The summed E-state index contributed by atoms with van der Waals surface area (Å²) < 4.78 is 0. The Balaban J connectivity index is 0.000000247. The Labute approximate surface area is 123 Å². The molecule has 0 unspecified atom stereocenters. The Bertz CT molecular complexity index is 125.